The topological polar surface area (TPSA) is 9.23 Å². The number of fused-ring (bicyclic) bond motifs is 1. The van der Waals surface area contributed by atoms with E-state index in [0.717, 1.165) is 24.0 Å². The summed E-state index contributed by atoms with van der Waals surface area (Å²) in [6.07, 6.45) is 1.97. The summed E-state index contributed by atoms with van der Waals surface area (Å²) in [6, 6.07) is 13.0. The average Bonchev–Trinajstić information content (AvgIpc) is 2.32. The van der Waals surface area contributed by atoms with Crippen LogP contribution in [0.2, 0.25) is 0 Å². The van der Waals surface area contributed by atoms with E-state index in [-0.39, 0.29) is 5.82 Å². The highest BCUT2D eigenvalue weighted by atomic mass is 19.1. The second-order valence-corrected chi connectivity index (χ2v) is 4.32. The molecule has 2 aromatic rings. The van der Waals surface area contributed by atoms with Crippen LogP contribution in [0.3, 0.4) is 0 Å². The standard InChI is InChI=1S/C15H13FO/c16-13-8-12-6-7-14(12)15(9-13)17-10-11-4-2-1-3-5-11/h1-5,8-9H,6-7,10H2. The van der Waals surface area contributed by atoms with Gasteiger partial charge in [0, 0.05) is 6.07 Å². The Morgan fingerprint density at radius 2 is 1.88 bits per heavy atom. The van der Waals surface area contributed by atoms with Crippen LogP contribution in [0.25, 0.3) is 0 Å². The Morgan fingerprint density at radius 3 is 2.59 bits per heavy atom. The van der Waals surface area contributed by atoms with Crippen LogP contribution in [-0.4, -0.2) is 0 Å². The maximum Gasteiger partial charge on any atom is 0.127 e. The first-order valence-electron chi connectivity index (χ1n) is 5.81. The highest BCUT2D eigenvalue weighted by Crippen LogP contribution is 2.33. The Bertz CT molecular complexity index is 534. The van der Waals surface area contributed by atoms with Crippen molar-refractivity contribution < 1.29 is 9.13 Å². The van der Waals surface area contributed by atoms with Gasteiger partial charge in [0.25, 0.3) is 0 Å². The number of hydrogen-bond acceptors (Lipinski definition) is 1. The van der Waals surface area contributed by atoms with E-state index in [0.29, 0.717) is 12.4 Å². The SMILES string of the molecule is Fc1cc2c(c(OCc3ccccc3)c1)CC2. The van der Waals surface area contributed by atoms with E-state index < -0.39 is 0 Å². The maximum atomic E-state index is 13.3. The van der Waals surface area contributed by atoms with Gasteiger partial charge >= 0.3 is 0 Å². The van der Waals surface area contributed by atoms with Gasteiger partial charge in [0.1, 0.15) is 18.2 Å². The molecule has 0 bridgehead atoms. The van der Waals surface area contributed by atoms with Gasteiger partial charge in [-0.15, -0.1) is 0 Å². The summed E-state index contributed by atoms with van der Waals surface area (Å²) in [6.45, 7) is 0.497. The molecule has 0 aliphatic heterocycles. The van der Waals surface area contributed by atoms with Gasteiger partial charge in [-0.1, -0.05) is 30.3 Å². The molecule has 86 valence electrons. The zero-order chi connectivity index (χ0) is 11.7. The Hall–Kier alpha value is -1.83. The Morgan fingerprint density at radius 1 is 1.06 bits per heavy atom. The van der Waals surface area contributed by atoms with Gasteiger partial charge in [-0.05, 0) is 35.6 Å². The fourth-order valence-corrected chi connectivity index (χ4v) is 2.12. The van der Waals surface area contributed by atoms with Crippen molar-refractivity contribution in [1.29, 1.82) is 0 Å². The quantitative estimate of drug-likeness (QED) is 0.781. The third-order valence-electron chi connectivity index (χ3n) is 3.15. The normalized spacial score (nSPS) is 12.8. The van der Waals surface area contributed by atoms with Crippen molar-refractivity contribution in [3.05, 3.63) is 65.0 Å². The van der Waals surface area contributed by atoms with Gasteiger partial charge in [0.05, 0.1) is 0 Å². The molecule has 17 heavy (non-hydrogen) atoms. The van der Waals surface area contributed by atoms with Crippen LogP contribution >= 0.6 is 0 Å². The van der Waals surface area contributed by atoms with Gasteiger partial charge < -0.3 is 4.74 Å². The van der Waals surface area contributed by atoms with Crippen LogP contribution in [0.1, 0.15) is 16.7 Å². The molecule has 0 radical (unpaired) electrons. The molecular formula is C15H13FO. The lowest BCUT2D eigenvalue weighted by atomic mass is 9.88. The minimum Gasteiger partial charge on any atom is -0.489 e. The minimum absolute atomic E-state index is 0.202. The predicted molar refractivity (Wildman–Crippen MR) is 64.6 cm³/mol. The predicted octanol–water partition coefficient (Wildman–Crippen LogP) is 3.50. The van der Waals surface area contributed by atoms with E-state index in [2.05, 4.69) is 0 Å². The Labute approximate surface area is 99.9 Å². The number of ether oxygens (including phenoxy) is 1. The molecule has 0 spiro atoms. The molecule has 0 fully saturated rings. The fourth-order valence-electron chi connectivity index (χ4n) is 2.12. The van der Waals surface area contributed by atoms with E-state index in [1.54, 1.807) is 6.07 Å². The molecule has 1 aliphatic carbocycles. The van der Waals surface area contributed by atoms with Gasteiger partial charge in [0.15, 0.2) is 0 Å². The second kappa shape index (κ2) is 4.21. The highest BCUT2D eigenvalue weighted by Gasteiger charge is 2.19. The monoisotopic (exact) mass is 228 g/mol. The lowest BCUT2D eigenvalue weighted by Gasteiger charge is -2.22. The number of benzene rings is 2. The summed E-state index contributed by atoms with van der Waals surface area (Å²) in [7, 11) is 0. The molecule has 1 nitrogen and oxygen atoms in total. The zero-order valence-corrected chi connectivity index (χ0v) is 9.45. The van der Waals surface area contributed by atoms with Gasteiger partial charge in [-0.2, -0.15) is 0 Å². The Kier molecular flexibility index (Phi) is 2.56. The van der Waals surface area contributed by atoms with Gasteiger partial charge in [-0.25, -0.2) is 4.39 Å². The van der Waals surface area contributed by atoms with Crippen LogP contribution in [0, 0.1) is 5.82 Å². The Balaban J connectivity index is 1.78. The number of hydrogen-bond donors (Lipinski definition) is 0. The third-order valence-corrected chi connectivity index (χ3v) is 3.15. The number of rotatable bonds is 3. The van der Waals surface area contributed by atoms with Crippen molar-refractivity contribution >= 4 is 0 Å². The molecule has 0 saturated carbocycles. The van der Waals surface area contributed by atoms with Crippen LogP contribution in [0.4, 0.5) is 4.39 Å². The van der Waals surface area contributed by atoms with Crippen LogP contribution in [-0.2, 0) is 19.4 Å². The summed E-state index contributed by atoms with van der Waals surface area (Å²) in [5, 5.41) is 0. The molecule has 0 amide bonds. The minimum atomic E-state index is -0.202. The first kappa shape index (κ1) is 10.3. The van der Waals surface area contributed by atoms with Crippen LogP contribution in [0.15, 0.2) is 42.5 Å². The van der Waals surface area contributed by atoms with Crippen molar-refractivity contribution in [2.45, 2.75) is 19.4 Å². The summed E-state index contributed by atoms with van der Waals surface area (Å²) >= 11 is 0. The average molecular weight is 228 g/mol. The molecule has 1 aliphatic rings. The van der Waals surface area contributed by atoms with Gasteiger partial charge in [0.2, 0.25) is 0 Å². The second-order valence-electron chi connectivity index (χ2n) is 4.32. The van der Waals surface area contributed by atoms with E-state index in [4.69, 9.17) is 4.74 Å². The molecule has 2 aromatic carbocycles. The first-order chi connectivity index (χ1) is 8.33. The van der Waals surface area contributed by atoms with Crippen LogP contribution < -0.4 is 4.74 Å². The fraction of sp³-hybridized carbons (Fsp3) is 0.200. The van der Waals surface area contributed by atoms with Crippen molar-refractivity contribution in [3.8, 4) is 5.75 Å². The van der Waals surface area contributed by atoms with E-state index in [1.807, 2.05) is 30.3 Å². The summed E-state index contributed by atoms with van der Waals surface area (Å²) < 4.78 is 19.0. The molecule has 0 unspecified atom stereocenters. The molecule has 0 heterocycles. The van der Waals surface area contributed by atoms with E-state index >= 15 is 0 Å². The highest BCUT2D eigenvalue weighted by molar-refractivity contribution is 5.46. The molecule has 3 rings (SSSR count). The van der Waals surface area contributed by atoms with Gasteiger partial charge in [-0.3, -0.25) is 0 Å². The smallest absolute Gasteiger partial charge is 0.127 e. The lowest BCUT2D eigenvalue weighted by Crippen LogP contribution is -2.12. The maximum absolute atomic E-state index is 13.3. The third kappa shape index (κ3) is 2.03. The number of halogens is 1. The van der Waals surface area contributed by atoms with Crippen molar-refractivity contribution in [1.82, 2.24) is 0 Å². The molecule has 0 atom stereocenters. The summed E-state index contributed by atoms with van der Waals surface area (Å²) in [5.41, 5.74) is 3.36. The summed E-state index contributed by atoms with van der Waals surface area (Å²) in [5.74, 6) is 0.501. The number of aryl methyl sites for hydroxylation is 1. The van der Waals surface area contributed by atoms with Crippen LogP contribution in [0.5, 0.6) is 5.75 Å². The molecule has 0 saturated heterocycles. The van der Waals surface area contributed by atoms with Crippen molar-refractivity contribution in [3.63, 3.8) is 0 Å². The molecule has 0 aromatic heterocycles. The van der Waals surface area contributed by atoms with Crippen molar-refractivity contribution in [2.75, 3.05) is 0 Å². The zero-order valence-electron chi connectivity index (χ0n) is 9.45. The largest absolute Gasteiger partial charge is 0.489 e. The molecular weight excluding hydrogens is 215 g/mol. The first-order valence-corrected chi connectivity index (χ1v) is 5.81. The van der Waals surface area contributed by atoms with E-state index in [9.17, 15) is 4.39 Å². The summed E-state index contributed by atoms with van der Waals surface area (Å²) in [4.78, 5) is 0. The van der Waals surface area contributed by atoms with Crippen molar-refractivity contribution in [2.24, 2.45) is 0 Å². The van der Waals surface area contributed by atoms with E-state index in [1.165, 1.54) is 11.6 Å². The molecule has 2 heteroatoms. The lowest BCUT2D eigenvalue weighted by molar-refractivity contribution is 0.298. The molecule has 0 N–H and O–H groups in total.